The Labute approximate surface area is 197 Å². The Balaban J connectivity index is 1.58. The number of fused-ring (bicyclic) bond motifs is 7. The van der Waals surface area contributed by atoms with Crippen molar-refractivity contribution < 1.29 is 10.2 Å². The van der Waals surface area contributed by atoms with Crippen LogP contribution in [0, 0.1) is 56.7 Å². The van der Waals surface area contributed by atoms with E-state index < -0.39 is 0 Å². The van der Waals surface area contributed by atoms with Gasteiger partial charge in [0.25, 0.3) is 0 Å². The molecule has 32 heavy (non-hydrogen) atoms. The average Bonchev–Trinajstić information content (AvgIpc) is 2.69. The summed E-state index contributed by atoms with van der Waals surface area (Å²) in [5.74, 6) is 3.06. The molecule has 0 aromatic rings. The lowest BCUT2D eigenvalue weighted by Crippen LogP contribution is -2.70. The van der Waals surface area contributed by atoms with Gasteiger partial charge in [0.15, 0.2) is 0 Å². The molecule has 0 aromatic carbocycles. The van der Waals surface area contributed by atoms with E-state index in [9.17, 15) is 10.2 Å². The first kappa shape index (κ1) is 23.4. The second kappa shape index (κ2) is 6.87. The van der Waals surface area contributed by atoms with Crippen molar-refractivity contribution in [3.63, 3.8) is 0 Å². The lowest BCUT2D eigenvalue weighted by Gasteiger charge is -2.74. The molecule has 5 aliphatic rings. The van der Waals surface area contributed by atoms with Gasteiger partial charge in [0, 0.05) is 0 Å². The van der Waals surface area contributed by atoms with Crippen molar-refractivity contribution in [1.29, 1.82) is 0 Å². The van der Waals surface area contributed by atoms with Crippen molar-refractivity contribution in [2.24, 2.45) is 56.7 Å². The first-order chi connectivity index (χ1) is 14.7. The van der Waals surface area contributed by atoms with Crippen LogP contribution < -0.4 is 0 Å². The predicted molar refractivity (Wildman–Crippen MR) is 132 cm³/mol. The highest BCUT2D eigenvalue weighted by Gasteiger charge is 2.71. The Hall–Kier alpha value is -0.340. The van der Waals surface area contributed by atoms with Gasteiger partial charge >= 0.3 is 0 Å². The second-order valence-corrected chi connectivity index (χ2v) is 14.8. The summed E-state index contributed by atoms with van der Waals surface area (Å²) < 4.78 is 0. The van der Waals surface area contributed by atoms with Gasteiger partial charge in [0.1, 0.15) is 0 Å². The molecule has 11 unspecified atom stereocenters. The van der Waals surface area contributed by atoms with Crippen molar-refractivity contribution in [3.8, 4) is 0 Å². The topological polar surface area (TPSA) is 40.5 Å². The standard InChI is InChI=1S/C30H50O2/c1-18-11-13-27(5)15-16-29(7)20(24(27)19(18)2)9-10-22-28(6)14-12-23(32)26(3,4)25(28)21(31)17-30(22,29)8/h11,19-25,31-32H,9-10,12-17H2,1-8H3. The summed E-state index contributed by atoms with van der Waals surface area (Å²) in [6, 6.07) is 0. The van der Waals surface area contributed by atoms with Crippen LogP contribution in [0.5, 0.6) is 0 Å². The van der Waals surface area contributed by atoms with E-state index in [1.54, 1.807) is 5.57 Å². The molecule has 0 spiro atoms. The average molecular weight is 443 g/mol. The molecular weight excluding hydrogens is 392 g/mol. The molecule has 182 valence electrons. The molecule has 11 atom stereocenters. The fourth-order valence-electron chi connectivity index (χ4n) is 11.4. The molecule has 0 radical (unpaired) electrons. The maximum absolute atomic E-state index is 11.8. The molecule has 2 heteroatoms. The van der Waals surface area contributed by atoms with Crippen molar-refractivity contribution in [2.75, 3.05) is 0 Å². The summed E-state index contributed by atoms with van der Waals surface area (Å²) in [5.41, 5.74) is 2.44. The molecular formula is C30H50O2. The van der Waals surface area contributed by atoms with Crippen LogP contribution in [0.25, 0.3) is 0 Å². The molecule has 0 bridgehead atoms. The van der Waals surface area contributed by atoms with Crippen LogP contribution in [-0.2, 0) is 0 Å². The van der Waals surface area contributed by atoms with E-state index in [2.05, 4.69) is 61.5 Å². The van der Waals surface area contributed by atoms with Crippen molar-refractivity contribution >= 4 is 0 Å². The highest BCUT2D eigenvalue weighted by atomic mass is 16.3. The fraction of sp³-hybridized carbons (Fsp3) is 0.933. The molecule has 0 saturated heterocycles. The Bertz CT molecular complexity index is 814. The summed E-state index contributed by atoms with van der Waals surface area (Å²) in [6.45, 7) is 19.6. The van der Waals surface area contributed by atoms with E-state index in [0.717, 1.165) is 31.1 Å². The predicted octanol–water partition coefficient (Wildman–Crippen LogP) is 7.00. The first-order valence-corrected chi connectivity index (χ1v) is 13.8. The van der Waals surface area contributed by atoms with Gasteiger partial charge in [-0.3, -0.25) is 0 Å². The van der Waals surface area contributed by atoms with Crippen LogP contribution >= 0.6 is 0 Å². The van der Waals surface area contributed by atoms with Crippen LogP contribution in [0.15, 0.2) is 11.6 Å². The third-order valence-corrected chi connectivity index (χ3v) is 13.4. The Kier molecular flexibility index (Phi) is 5.02. The van der Waals surface area contributed by atoms with Gasteiger partial charge in [-0.1, -0.05) is 60.1 Å². The molecule has 4 saturated carbocycles. The van der Waals surface area contributed by atoms with Gasteiger partial charge in [-0.25, -0.2) is 0 Å². The molecule has 2 nitrogen and oxygen atoms in total. The lowest BCUT2D eigenvalue weighted by atomic mass is 9.31. The number of aliphatic hydroxyl groups is 2. The van der Waals surface area contributed by atoms with Crippen LogP contribution in [0.3, 0.4) is 0 Å². The molecule has 0 heterocycles. The quantitative estimate of drug-likeness (QED) is 0.397. The largest absolute Gasteiger partial charge is 0.393 e. The molecule has 5 rings (SSSR count). The lowest BCUT2D eigenvalue weighted by molar-refractivity contribution is -0.277. The molecule has 4 fully saturated rings. The fourth-order valence-corrected chi connectivity index (χ4v) is 11.4. The third-order valence-electron chi connectivity index (χ3n) is 13.4. The van der Waals surface area contributed by atoms with Crippen molar-refractivity contribution in [2.45, 2.75) is 119 Å². The highest BCUT2D eigenvalue weighted by Crippen LogP contribution is 2.76. The van der Waals surface area contributed by atoms with E-state index in [1.165, 1.54) is 32.1 Å². The summed E-state index contributed by atoms with van der Waals surface area (Å²) in [4.78, 5) is 0. The van der Waals surface area contributed by atoms with E-state index in [1.807, 2.05) is 0 Å². The van der Waals surface area contributed by atoms with Gasteiger partial charge < -0.3 is 10.2 Å². The minimum atomic E-state index is -0.305. The first-order valence-electron chi connectivity index (χ1n) is 13.8. The van der Waals surface area contributed by atoms with Crippen LogP contribution in [0.1, 0.15) is 107 Å². The van der Waals surface area contributed by atoms with Crippen LogP contribution in [-0.4, -0.2) is 22.4 Å². The van der Waals surface area contributed by atoms with E-state index in [0.29, 0.717) is 22.7 Å². The van der Waals surface area contributed by atoms with E-state index >= 15 is 0 Å². The molecule has 0 aromatic heterocycles. The molecule has 5 aliphatic carbocycles. The van der Waals surface area contributed by atoms with Gasteiger partial charge in [0.2, 0.25) is 0 Å². The zero-order valence-corrected chi connectivity index (χ0v) is 22.2. The number of allylic oxidation sites excluding steroid dienone is 2. The minimum Gasteiger partial charge on any atom is -0.393 e. The van der Waals surface area contributed by atoms with Gasteiger partial charge in [0.05, 0.1) is 12.2 Å². The highest BCUT2D eigenvalue weighted by molar-refractivity contribution is 5.23. The van der Waals surface area contributed by atoms with Crippen LogP contribution in [0.4, 0.5) is 0 Å². The Morgan fingerprint density at radius 1 is 0.875 bits per heavy atom. The van der Waals surface area contributed by atoms with E-state index in [4.69, 9.17) is 0 Å². The zero-order valence-electron chi connectivity index (χ0n) is 22.2. The Morgan fingerprint density at radius 3 is 2.25 bits per heavy atom. The molecule has 0 aliphatic heterocycles. The monoisotopic (exact) mass is 442 g/mol. The number of rotatable bonds is 0. The maximum Gasteiger partial charge on any atom is 0.0595 e. The summed E-state index contributed by atoms with van der Waals surface area (Å²) in [5, 5.41) is 22.7. The maximum atomic E-state index is 11.8. The summed E-state index contributed by atoms with van der Waals surface area (Å²) in [6.07, 6.45) is 11.4. The van der Waals surface area contributed by atoms with Crippen molar-refractivity contribution in [3.05, 3.63) is 11.6 Å². The van der Waals surface area contributed by atoms with Gasteiger partial charge in [-0.05, 0) is 115 Å². The molecule has 2 N–H and O–H groups in total. The SMILES string of the molecule is CC1=CCC2(C)CCC3(C)C(CCC4C5(C)CCC(O)C(C)(C)C5C(O)CC43C)C2C1C. The smallest absolute Gasteiger partial charge is 0.0595 e. The number of hydrogen-bond acceptors (Lipinski definition) is 2. The number of hydrogen-bond donors (Lipinski definition) is 2. The van der Waals surface area contributed by atoms with Gasteiger partial charge in [-0.15, -0.1) is 0 Å². The zero-order chi connectivity index (χ0) is 23.5. The number of aliphatic hydroxyl groups excluding tert-OH is 2. The van der Waals surface area contributed by atoms with Crippen molar-refractivity contribution in [1.82, 2.24) is 0 Å². The Morgan fingerprint density at radius 2 is 1.56 bits per heavy atom. The van der Waals surface area contributed by atoms with Gasteiger partial charge in [-0.2, -0.15) is 0 Å². The summed E-state index contributed by atoms with van der Waals surface area (Å²) in [7, 11) is 0. The second-order valence-electron chi connectivity index (χ2n) is 14.8. The third kappa shape index (κ3) is 2.66. The normalized spacial score (nSPS) is 59.2. The molecule has 0 amide bonds. The van der Waals surface area contributed by atoms with E-state index in [-0.39, 0.29) is 34.4 Å². The van der Waals surface area contributed by atoms with Crippen LogP contribution in [0.2, 0.25) is 0 Å². The summed E-state index contributed by atoms with van der Waals surface area (Å²) >= 11 is 0. The minimum absolute atomic E-state index is 0.123.